The number of aromatic nitrogens is 6. The predicted molar refractivity (Wildman–Crippen MR) is 235 cm³/mol. The Hall–Kier alpha value is -7.36. The minimum Gasteiger partial charge on any atom is -0.495 e. The molecule has 0 radical (unpaired) electrons. The minimum absolute atomic E-state index is 0.197. The number of benzene rings is 2. The monoisotopic (exact) mass is 872 g/mol. The van der Waals surface area contributed by atoms with E-state index >= 15 is 0 Å². The van der Waals surface area contributed by atoms with Crippen molar-refractivity contribution in [2.24, 2.45) is 0 Å². The molecule has 0 unspecified atom stereocenters. The summed E-state index contributed by atoms with van der Waals surface area (Å²) >= 11 is 0. The summed E-state index contributed by atoms with van der Waals surface area (Å²) < 4.78 is 53.1. The summed E-state index contributed by atoms with van der Waals surface area (Å²) in [6.45, 7) is 12.2. The lowest BCUT2D eigenvalue weighted by Gasteiger charge is -2.36. The Kier molecular flexibility index (Phi) is 13.5. The fourth-order valence-electron chi connectivity index (χ4n) is 7.46. The summed E-state index contributed by atoms with van der Waals surface area (Å²) in [6.07, 6.45) is 12.6. The smallest absolute Gasteiger partial charge is 0.289 e. The second-order valence-electron chi connectivity index (χ2n) is 15.7. The molecule has 0 spiro atoms. The Bertz CT molecular complexity index is 2500. The highest BCUT2D eigenvalue weighted by molar-refractivity contribution is 5.97. The lowest BCUT2D eigenvalue weighted by atomic mass is 10.1. The highest BCUT2D eigenvalue weighted by atomic mass is 19.1. The van der Waals surface area contributed by atoms with Gasteiger partial charge in [0, 0.05) is 12.4 Å². The molecule has 8 rings (SSSR count). The number of pyridine rings is 2. The highest BCUT2D eigenvalue weighted by Gasteiger charge is 2.35. The fraction of sp³-hybridized carbons (Fsp3) is 0.292. The SMILES string of the molecule is COc1cc(/C=C2\O[C@@H](C)CN([C@@H](C)c3ccc(F)cn3)C2=O)ccc1-n1cnc(C)c1.COc1cc(/C=C2\O[C@@H](C)CN([C@H](C)c3ccc(F)cn3)C2=O)ccc1-n1cnc(C)c1. The molecular weight excluding hydrogens is 823 g/mol. The first-order chi connectivity index (χ1) is 30.7. The minimum atomic E-state index is -0.411. The van der Waals surface area contributed by atoms with E-state index in [1.54, 1.807) is 61.0 Å². The van der Waals surface area contributed by atoms with Crippen LogP contribution in [0, 0.1) is 25.5 Å². The highest BCUT2D eigenvalue weighted by Crippen LogP contribution is 2.32. The van der Waals surface area contributed by atoms with Crippen LogP contribution in [0.1, 0.15) is 73.7 Å². The maximum Gasteiger partial charge on any atom is 0.289 e. The third-order valence-electron chi connectivity index (χ3n) is 10.8. The zero-order chi connectivity index (χ0) is 45.7. The molecule has 2 fully saturated rings. The second-order valence-corrected chi connectivity index (χ2v) is 15.7. The molecule has 14 nitrogen and oxygen atoms in total. The van der Waals surface area contributed by atoms with Crippen molar-refractivity contribution in [3.8, 4) is 22.9 Å². The van der Waals surface area contributed by atoms with Gasteiger partial charge < -0.3 is 37.9 Å². The third kappa shape index (κ3) is 10.1. The largest absolute Gasteiger partial charge is 0.495 e. The molecule has 332 valence electrons. The summed E-state index contributed by atoms with van der Waals surface area (Å²) in [4.78, 5) is 46.5. The molecule has 64 heavy (non-hydrogen) atoms. The first-order valence-electron chi connectivity index (χ1n) is 20.7. The van der Waals surface area contributed by atoms with Crippen LogP contribution in [0.25, 0.3) is 23.5 Å². The van der Waals surface area contributed by atoms with Crippen LogP contribution >= 0.6 is 0 Å². The van der Waals surface area contributed by atoms with E-state index in [9.17, 15) is 18.4 Å². The van der Waals surface area contributed by atoms with E-state index in [2.05, 4.69) is 19.9 Å². The van der Waals surface area contributed by atoms with Crippen molar-refractivity contribution in [2.75, 3.05) is 27.3 Å². The molecule has 0 aliphatic carbocycles. The number of ether oxygens (including phenoxy) is 4. The predicted octanol–water partition coefficient (Wildman–Crippen LogP) is 8.15. The van der Waals surface area contributed by atoms with E-state index in [1.807, 2.05) is 99.5 Å². The molecule has 2 aromatic carbocycles. The zero-order valence-electron chi connectivity index (χ0n) is 36.9. The number of hydrogen-bond acceptors (Lipinski definition) is 10. The van der Waals surface area contributed by atoms with Gasteiger partial charge in [-0.3, -0.25) is 19.6 Å². The molecule has 2 amide bonds. The maximum absolute atomic E-state index is 13.2. The Balaban J connectivity index is 0.000000191. The van der Waals surface area contributed by atoms with Crippen LogP contribution in [0.4, 0.5) is 8.78 Å². The number of aryl methyl sites for hydroxylation is 2. The van der Waals surface area contributed by atoms with Crippen molar-refractivity contribution < 1.29 is 37.3 Å². The Morgan fingerprint density at radius 3 is 1.38 bits per heavy atom. The number of methoxy groups -OCH3 is 2. The number of carbonyl (C=O) groups is 2. The van der Waals surface area contributed by atoms with Crippen molar-refractivity contribution in [1.82, 2.24) is 38.9 Å². The normalized spacial score (nSPS) is 18.5. The van der Waals surface area contributed by atoms with E-state index in [0.717, 1.165) is 46.3 Å². The molecule has 4 atom stereocenters. The van der Waals surface area contributed by atoms with Crippen molar-refractivity contribution in [3.63, 3.8) is 0 Å². The number of morpholine rings is 2. The van der Waals surface area contributed by atoms with Crippen molar-refractivity contribution in [1.29, 1.82) is 0 Å². The van der Waals surface area contributed by atoms with Crippen LogP contribution in [0.3, 0.4) is 0 Å². The molecule has 0 N–H and O–H groups in total. The molecule has 0 bridgehead atoms. The first kappa shape index (κ1) is 44.7. The quantitative estimate of drug-likeness (QED) is 0.124. The molecule has 2 aliphatic heterocycles. The Labute approximate surface area is 370 Å². The first-order valence-corrected chi connectivity index (χ1v) is 20.7. The van der Waals surface area contributed by atoms with Gasteiger partial charge in [-0.15, -0.1) is 0 Å². The van der Waals surface area contributed by atoms with E-state index in [0.29, 0.717) is 36.0 Å². The van der Waals surface area contributed by atoms with E-state index in [1.165, 1.54) is 12.1 Å². The van der Waals surface area contributed by atoms with Gasteiger partial charge in [0.1, 0.15) is 35.3 Å². The number of carbonyl (C=O) groups excluding carboxylic acids is 2. The van der Waals surface area contributed by atoms with Gasteiger partial charge in [-0.1, -0.05) is 12.1 Å². The number of imidazole rings is 2. The van der Waals surface area contributed by atoms with E-state index in [-0.39, 0.29) is 47.6 Å². The van der Waals surface area contributed by atoms with Crippen LogP contribution in [-0.4, -0.2) is 90.2 Å². The van der Waals surface area contributed by atoms with Crippen molar-refractivity contribution in [3.05, 3.63) is 155 Å². The molecule has 6 aromatic rings. The van der Waals surface area contributed by atoms with Gasteiger partial charge in [-0.05, 0) is 113 Å². The Morgan fingerprint density at radius 1 is 0.641 bits per heavy atom. The lowest BCUT2D eigenvalue weighted by molar-refractivity contribution is -0.142. The number of amides is 2. The van der Waals surface area contributed by atoms with Crippen LogP contribution in [0.15, 0.2) is 110 Å². The van der Waals surface area contributed by atoms with Crippen LogP contribution in [0.2, 0.25) is 0 Å². The third-order valence-corrected chi connectivity index (χ3v) is 10.8. The standard InChI is InChI=1S/2C24H25FN4O3/c2*1-15-12-28(14-27-15)21-8-5-18(9-22(21)31-4)10-23-24(30)29(13-16(2)32-23)17(3)20-7-6-19(25)11-26-20/h2*5-12,14,16-17H,13H2,1-4H3/b2*23-10-/t16-,17+;16-,17-/m00/s1. The maximum atomic E-state index is 13.2. The molecule has 16 heteroatoms. The zero-order valence-corrected chi connectivity index (χ0v) is 36.9. The summed E-state index contributed by atoms with van der Waals surface area (Å²) in [7, 11) is 3.20. The van der Waals surface area contributed by atoms with E-state index in [4.69, 9.17) is 18.9 Å². The van der Waals surface area contributed by atoms with E-state index < -0.39 is 11.6 Å². The van der Waals surface area contributed by atoms with Gasteiger partial charge >= 0.3 is 0 Å². The summed E-state index contributed by atoms with van der Waals surface area (Å²) in [5.41, 5.74) is 6.27. The van der Waals surface area contributed by atoms with Gasteiger partial charge in [0.05, 0.1) is 98.6 Å². The number of rotatable bonds is 10. The van der Waals surface area contributed by atoms with Gasteiger partial charge in [0.2, 0.25) is 0 Å². The van der Waals surface area contributed by atoms with Gasteiger partial charge in [0.15, 0.2) is 11.5 Å². The summed E-state index contributed by atoms with van der Waals surface area (Å²) in [5, 5.41) is 0. The lowest BCUT2D eigenvalue weighted by Crippen LogP contribution is -2.45. The van der Waals surface area contributed by atoms with Crippen LogP contribution in [0.5, 0.6) is 11.5 Å². The number of hydrogen-bond donors (Lipinski definition) is 0. The molecule has 6 heterocycles. The Morgan fingerprint density at radius 2 is 1.05 bits per heavy atom. The van der Waals surface area contributed by atoms with Gasteiger partial charge in [-0.25, -0.2) is 18.7 Å². The molecule has 2 saturated heterocycles. The van der Waals surface area contributed by atoms with Gasteiger partial charge in [-0.2, -0.15) is 0 Å². The van der Waals surface area contributed by atoms with Crippen molar-refractivity contribution in [2.45, 2.75) is 65.8 Å². The number of nitrogens with zero attached hydrogens (tertiary/aromatic N) is 8. The van der Waals surface area contributed by atoms with Crippen LogP contribution in [-0.2, 0) is 19.1 Å². The van der Waals surface area contributed by atoms with Crippen LogP contribution < -0.4 is 9.47 Å². The second kappa shape index (κ2) is 19.4. The van der Waals surface area contributed by atoms with Crippen molar-refractivity contribution >= 4 is 24.0 Å². The number of halogens is 2. The average molecular weight is 873 g/mol. The molecule has 4 aromatic heterocycles. The average Bonchev–Trinajstić information content (AvgIpc) is 3.93. The summed E-state index contributed by atoms with van der Waals surface area (Å²) in [5.74, 6) is 0.475. The molecular formula is C48H50F2N8O6. The fourth-order valence-corrected chi connectivity index (χ4v) is 7.46. The topological polar surface area (TPSA) is 139 Å². The van der Waals surface area contributed by atoms with Gasteiger partial charge in [0.25, 0.3) is 11.8 Å². The molecule has 0 saturated carbocycles. The summed E-state index contributed by atoms with van der Waals surface area (Å²) in [6, 6.07) is 16.6. The molecule has 2 aliphatic rings.